The average Bonchev–Trinajstić information content (AvgIpc) is 2.80. The Hall–Kier alpha value is -2.14. The van der Waals surface area contributed by atoms with E-state index in [4.69, 9.17) is 4.42 Å². The second kappa shape index (κ2) is 4.76. The predicted molar refractivity (Wildman–Crippen MR) is 79.1 cm³/mol. The van der Waals surface area contributed by atoms with Gasteiger partial charge in [-0.05, 0) is 48.9 Å². The van der Waals surface area contributed by atoms with Gasteiger partial charge in [0, 0.05) is 15.6 Å². The Kier molecular flexibility index (Phi) is 3.06. The molecule has 0 aliphatic carbocycles. The van der Waals surface area contributed by atoms with Crippen molar-refractivity contribution in [1.29, 1.82) is 0 Å². The second-order valence-corrected chi connectivity index (χ2v) is 5.37. The molecule has 2 aromatic carbocycles. The van der Waals surface area contributed by atoms with Crippen LogP contribution in [-0.2, 0) is 0 Å². The largest absolute Gasteiger partial charge is 0.417 e. The van der Waals surface area contributed by atoms with Gasteiger partial charge in [-0.25, -0.2) is 4.79 Å². The monoisotopic (exact) mass is 331 g/mol. The number of hydrogen-bond donors (Lipinski definition) is 1. The summed E-state index contributed by atoms with van der Waals surface area (Å²) in [6.45, 7) is 1.93. The van der Waals surface area contributed by atoms with Gasteiger partial charge in [0.25, 0.3) is 0 Å². The van der Waals surface area contributed by atoms with Crippen LogP contribution in [0.3, 0.4) is 0 Å². The predicted octanol–water partition coefficient (Wildman–Crippen LogP) is 3.42. The Labute approximate surface area is 122 Å². The number of oxazole rings is 1. The van der Waals surface area contributed by atoms with Gasteiger partial charge in [0.05, 0.1) is 5.52 Å². The molecule has 0 aliphatic rings. The van der Waals surface area contributed by atoms with Crippen molar-refractivity contribution in [2.24, 2.45) is 0 Å². The van der Waals surface area contributed by atoms with Crippen LogP contribution in [-0.4, -0.2) is 10.8 Å². The minimum atomic E-state index is -0.524. The van der Waals surface area contributed by atoms with Gasteiger partial charge in [0.1, 0.15) is 0 Å². The number of aromatic nitrogens is 1. The Morgan fingerprint density at radius 1 is 1.15 bits per heavy atom. The molecule has 3 rings (SSSR count). The van der Waals surface area contributed by atoms with E-state index in [0.29, 0.717) is 22.2 Å². The summed E-state index contributed by atoms with van der Waals surface area (Å²) in [5.74, 6) is -0.629. The minimum Gasteiger partial charge on any atom is -0.408 e. The highest BCUT2D eigenvalue weighted by Gasteiger charge is 2.12. The summed E-state index contributed by atoms with van der Waals surface area (Å²) < 4.78 is 5.93. The molecule has 3 aromatic rings. The van der Waals surface area contributed by atoms with Gasteiger partial charge < -0.3 is 4.42 Å². The van der Waals surface area contributed by atoms with Crippen molar-refractivity contribution < 1.29 is 9.21 Å². The fraction of sp³-hybridized carbons (Fsp3) is 0.0667. The Bertz CT molecular complexity index is 876. The molecular formula is C15H10BrNO3. The van der Waals surface area contributed by atoms with Crippen LogP contribution < -0.4 is 5.76 Å². The topological polar surface area (TPSA) is 63.1 Å². The number of rotatable bonds is 2. The molecule has 1 N–H and O–H groups in total. The Morgan fingerprint density at radius 3 is 2.60 bits per heavy atom. The number of carbonyl (C=O) groups excluding carboxylic acids is 1. The van der Waals surface area contributed by atoms with E-state index < -0.39 is 5.76 Å². The molecule has 1 aromatic heterocycles. The molecule has 1 heterocycles. The van der Waals surface area contributed by atoms with Crippen LogP contribution in [0.25, 0.3) is 11.1 Å². The zero-order chi connectivity index (χ0) is 14.3. The maximum Gasteiger partial charge on any atom is 0.417 e. The molecule has 0 fully saturated rings. The van der Waals surface area contributed by atoms with E-state index in [-0.39, 0.29) is 5.78 Å². The van der Waals surface area contributed by atoms with Crippen molar-refractivity contribution in [3.8, 4) is 0 Å². The van der Waals surface area contributed by atoms with Gasteiger partial charge >= 0.3 is 5.76 Å². The third-order valence-electron chi connectivity index (χ3n) is 3.10. The zero-order valence-electron chi connectivity index (χ0n) is 10.6. The highest BCUT2D eigenvalue weighted by Crippen LogP contribution is 2.20. The third kappa shape index (κ3) is 2.20. The summed E-state index contributed by atoms with van der Waals surface area (Å²) in [4.78, 5) is 26.1. The molecule has 0 amide bonds. The van der Waals surface area contributed by atoms with Crippen LogP contribution >= 0.6 is 15.9 Å². The van der Waals surface area contributed by atoms with Crippen molar-refractivity contribution in [2.45, 2.75) is 6.92 Å². The highest BCUT2D eigenvalue weighted by molar-refractivity contribution is 9.10. The molecule has 0 radical (unpaired) electrons. The number of fused-ring (bicyclic) bond motifs is 1. The van der Waals surface area contributed by atoms with Crippen molar-refractivity contribution in [2.75, 3.05) is 0 Å². The molecule has 0 aliphatic heterocycles. The lowest BCUT2D eigenvalue weighted by molar-refractivity contribution is 0.103. The van der Waals surface area contributed by atoms with Crippen molar-refractivity contribution in [1.82, 2.24) is 4.98 Å². The first-order valence-electron chi connectivity index (χ1n) is 5.98. The lowest BCUT2D eigenvalue weighted by atomic mass is 10.0. The second-order valence-electron chi connectivity index (χ2n) is 4.52. The maximum atomic E-state index is 12.4. The first-order valence-corrected chi connectivity index (χ1v) is 6.77. The molecule has 0 unspecified atom stereocenters. The van der Waals surface area contributed by atoms with Crippen LogP contribution in [0.2, 0.25) is 0 Å². The first-order chi connectivity index (χ1) is 9.54. The molecule has 0 saturated heterocycles. The van der Waals surface area contributed by atoms with Gasteiger partial charge in [0.15, 0.2) is 11.4 Å². The van der Waals surface area contributed by atoms with E-state index in [2.05, 4.69) is 20.9 Å². The Balaban J connectivity index is 2.07. The lowest BCUT2D eigenvalue weighted by Gasteiger charge is -2.04. The van der Waals surface area contributed by atoms with Gasteiger partial charge in [-0.15, -0.1) is 0 Å². The fourth-order valence-corrected chi connectivity index (χ4v) is 2.29. The molecule has 0 spiro atoms. The maximum absolute atomic E-state index is 12.4. The van der Waals surface area contributed by atoms with Crippen molar-refractivity contribution >= 4 is 32.8 Å². The number of ketones is 1. The van der Waals surface area contributed by atoms with Crippen LogP contribution in [0.4, 0.5) is 0 Å². The molecule has 0 bridgehead atoms. The third-order valence-corrected chi connectivity index (χ3v) is 3.99. The van der Waals surface area contributed by atoms with Gasteiger partial charge in [-0.1, -0.05) is 15.9 Å². The summed E-state index contributed by atoms with van der Waals surface area (Å²) in [5, 5.41) is 0. The molecule has 4 nitrogen and oxygen atoms in total. The van der Waals surface area contributed by atoms with Crippen LogP contribution in [0.1, 0.15) is 21.5 Å². The number of aryl methyl sites for hydroxylation is 1. The first kappa shape index (κ1) is 12.9. The summed E-state index contributed by atoms with van der Waals surface area (Å²) in [5.41, 5.74) is 3.04. The van der Waals surface area contributed by atoms with Crippen molar-refractivity contribution in [3.05, 3.63) is 68.1 Å². The normalized spacial score (nSPS) is 10.9. The van der Waals surface area contributed by atoms with Crippen LogP contribution in [0.5, 0.6) is 0 Å². The molecule has 0 saturated carbocycles. The number of halogens is 1. The van der Waals surface area contributed by atoms with Crippen molar-refractivity contribution in [3.63, 3.8) is 0 Å². The Morgan fingerprint density at radius 2 is 1.85 bits per heavy atom. The molecular weight excluding hydrogens is 322 g/mol. The smallest absolute Gasteiger partial charge is 0.408 e. The number of H-pyrrole nitrogens is 1. The van der Waals surface area contributed by atoms with Gasteiger partial charge in [0.2, 0.25) is 0 Å². The highest BCUT2D eigenvalue weighted by atomic mass is 79.9. The van der Waals surface area contributed by atoms with E-state index in [0.717, 1.165) is 10.0 Å². The van der Waals surface area contributed by atoms with Crippen LogP contribution in [0.15, 0.2) is 50.1 Å². The fourth-order valence-electron chi connectivity index (χ4n) is 2.04. The summed E-state index contributed by atoms with van der Waals surface area (Å²) in [6, 6.07) is 10.3. The minimum absolute atomic E-state index is 0.105. The zero-order valence-corrected chi connectivity index (χ0v) is 12.2. The SMILES string of the molecule is Cc1cc(C(=O)c2ccc3[nH]c(=O)oc3c2)ccc1Br. The van der Waals surface area contributed by atoms with E-state index >= 15 is 0 Å². The van der Waals surface area contributed by atoms with Crippen LogP contribution in [0, 0.1) is 6.92 Å². The summed E-state index contributed by atoms with van der Waals surface area (Å²) >= 11 is 3.40. The van der Waals surface area contributed by atoms with E-state index in [1.54, 1.807) is 24.3 Å². The summed E-state index contributed by atoms with van der Waals surface area (Å²) in [7, 11) is 0. The number of aromatic amines is 1. The number of benzene rings is 2. The number of hydrogen-bond acceptors (Lipinski definition) is 3. The quantitative estimate of drug-likeness (QED) is 0.732. The van der Waals surface area contributed by atoms with E-state index in [1.165, 1.54) is 0 Å². The average molecular weight is 332 g/mol. The molecule has 100 valence electrons. The van der Waals surface area contributed by atoms with E-state index in [9.17, 15) is 9.59 Å². The molecule has 20 heavy (non-hydrogen) atoms. The lowest BCUT2D eigenvalue weighted by Crippen LogP contribution is -2.01. The summed E-state index contributed by atoms with van der Waals surface area (Å²) in [6.07, 6.45) is 0. The van der Waals surface area contributed by atoms with Gasteiger partial charge in [-0.3, -0.25) is 9.78 Å². The van der Waals surface area contributed by atoms with Gasteiger partial charge in [-0.2, -0.15) is 0 Å². The standard InChI is InChI=1S/C15H10BrNO3/c1-8-6-9(2-4-11(8)16)14(18)10-3-5-12-13(7-10)20-15(19)17-12/h2-7H,1H3,(H,17,19). The molecule has 0 atom stereocenters. The molecule has 5 heteroatoms. The number of nitrogens with one attached hydrogen (secondary N) is 1. The van der Waals surface area contributed by atoms with E-state index in [1.807, 2.05) is 19.1 Å². The number of carbonyl (C=O) groups is 1.